The van der Waals surface area contributed by atoms with Crippen molar-refractivity contribution in [2.75, 3.05) is 18.0 Å². The number of anilines is 1. The van der Waals surface area contributed by atoms with Gasteiger partial charge in [0.1, 0.15) is 0 Å². The summed E-state index contributed by atoms with van der Waals surface area (Å²) < 4.78 is 0. The Morgan fingerprint density at radius 3 is 2.35 bits per heavy atom. The maximum absolute atomic E-state index is 9.51. The van der Waals surface area contributed by atoms with Crippen LogP contribution in [0.15, 0.2) is 0 Å². The molecule has 2 aliphatic rings. The topological polar surface area (TPSA) is 36.4 Å². The maximum Gasteiger partial charge on any atom is 0.185 e. The lowest BCUT2D eigenvalue weighted by Crippen LogP contribution is -2.37. The lowest BCUT2D eigenvalue weighted by atomic mass is 9.75. The van der Waals surface area contributed by atoms with E-state index in [0.29, 0.717) is 11.3 Å². The average Bonchev–Trinajstić information content (AvgIpc) is 3.17. The summed E-state index contributed by atoms with van der Waals surface area (Å²) in [4.78, 5) is 8.36. The van der Waals surface area contributed by atoms with Crippen LogP contribution in [-0.4, -0.2) is 23.2 Å². The number of aliphatic hydroxyl groups is 1. The van der Waals surface area contributed by atoms with Crippen molar-refractivity contribution in [3.05, 3.63) is 10.6 Å². The molecule has 3 nitrogen and oxygen atoms in total. The Bertz CT molecular complexity index is 465. The average molecular weight is 294 g/mol. The van der Waals surface area contributed by atoms with Gasteiger partial charge in [0.05, 0.1) is 17.2 Å². The van der Waals surface area contributed by atoms with Gasteiger partial charge in [-0.25, -0.2) is 4.98 Å². The first-order valence-corrected chi connectivity index (χ1v) is 8.66. The van der Waals surface area contributed by atoms with Gasteiger partial charge in [-0.3, -0.25) is 0 Å². The third kappa shape index (κ3) is 2.86. The lowest BCUT2D eigenvalue weighted by Gasteiger charge is -2.38. The molecule has 2 heterocycles. The van der Waals surface area contributed by atoms with Crippen molar-refractivity contribution >= 4 is 16.5 Å². The Morgan fingerprint density at radius 1 is 1.20 bits per heavy atom. The Labute approximate surface area is 126 Å². The molecule has 0 unspecified atom stereocenters. The molecule has 1 aromatic rings. The predicted octanol–water partition coefficient (Wildman–Crippen LogP) is 3.78. The van der Waals surface area contributed by atoms with Gasteiger partial charge in [0.15, 0.2) is 5.13 Å². The minimum Gasteiger partial charge on any atom is -0.391 e. The van der Waals surface area contributed by atoms with E-state index in [1.54, 1.807) is 11.3 Å². The fraction of sp³-hybridized carbons (Fsp3) is 0.812. The molecule has 1 N–H and O–H groups in total. The highest BCUT2D eigenvalue weighted by molar-refractivity contribution is 7.15. The SMILES string of the molecule is CC(C)(C)C1CCN(c2nc(C3CC3)c(CO)s2)CC1. The van der Waals surface area contributed by atoms with Crippen LogP contribution in [-0.2, 0) is 6.61 Å². The second kappa shape index (κ2) is 5.30. The first-order valence-electron chi connectivity index (χ1n) is 7.84. The van der Waals surface area contributed by atoms with Crippen molar-refractivity contribution in [1.82, 2.24) is 4.98 Å². The molecule has 112 valence electrons. The molecule has 1 aliphatic heterocycles. The Morgan fingerprint density at radius 2 is 1.85 bits per heavy atom. The highest BCUT2D eigenvalue weighted by Gasteiger charge is 2.32. The second-order valence-corrected chi connectivity index (χ2v) is 8.43. The normalized spacial score (nSPS) is 21.5. The molecule has 20 heavy (non-hydrogen) atoms. The van der Waals surface area contributed by atoms with Crippen molar-refractivity contribution < 1.29 is 5.11 Å². The number of hydrogen-bond donors (Lipinski definition) is 1. The van der Waals surface area contributed by atoms with Crippen LogP contribution < -0.4 is 4.90 Å². The van der Waals surface area contributed by atoms with E-state index >= 15 is 0 Å². The second-order valence-electron chi connectivity index (χ2n) is 7.36. The number of nitrogens with zero attached hydrogens (tertiary/aromatic N) is 2. The fourth-order valence-corrected chi connectivity index (χ4v) is 4.27. The molecule has 4 heteroatoms. The van der Waals surface area contributed by atoms with Crippen LogP contribution in [0.3, 0.4) is 0 Å². The van der Waals surface area contributed by atoms with Crippen LogP contribution in [0.2, 0.25) is 0 Å². The third-order valence-electron chi connectivity index (χ3n) is 4.81. The zero-order valence-corrected chi connectivity index (χ0v) is 13.7. The number of aliphatic hydroxyl groups excluding tert-OH is 1. The maximum atomic E-state index is 9.51. The van der Waals surface area contributed by atoms with Gasteiger partial charge in [0.2, 0.25) is 0 Å². The zero-order chi connectivity index (χ0) is 14.3. The number of rotatable bonds is 3. The largest absolute Gasteiger partial charge is 0.391 e. The minimum absolute atomic E-state index is 0.155. The van der Waals surface area contributed by atoms with Gasteiger partial charge in [-0.2, -0.15) is 0 Å². The molecular formula is C16H26N2OS. The van der Waals surface area contributed by atoms with E-state index in [4.69, 9.17) is 4.98 Å². The molecule has 0 radical (unpaired) electrons. The quantitative estimate of drug-likeness (QED) is 0.921. The van der Waals surface area contributed by atoms with Crippen LogP contribution in [0.25, 0.3) is 0 Å². The molecule has 1 saturated heterocycles. The van der Waals surface area contributed by atoms with Crippen LogP contribution in [0, 0.1) is 11.3 Å². The van der Waals surface area contributed by atoms with E-state index in [9.17, 15) is 5.11 Å². The van der Waals surface area contributed by atoms with Gasteiger partial charge in [0, 0.05) is 19.0 Å². The summed E-state index contributed by atoms with van der Waals surface area (Å²) >= 11 is 1.71. The van der Waals surface area contributed by atoms with Crippen LogP contribution in [0.4, 0.5) is 5.13 Å². The first kappa shape index (κ1) is 14.3. The fourth-order valence-electron chi connectivity index (χ4n) is 3.21. The lowest BCUT2D eigenvalue weighted by molar-refractivity contribution is 0.199. The number of aromatic nitrogens is 1. The molecule has 0 amide bonds. The molecule has 1 aliphatic carbocycles. The highest BCUT2D eigenvalue weighted by Crippen LogP contribution is 2.45. The molecule has 1 saturated carbocycles. The van der Waals surface area contributed by atoms with Gasteiger partial charge in [-0.05, 0) is 37.0 Å². The van der Waals surface area contributed by atoms with Gasteiger partial charge < -0.3 is 10.0 Å². The van der Waals surface area contributed by atoms with E-state index in [1.165, 1.54) is 31.4 Å². The van der Waals surface area contributed by atoms with Crippen molar-refractivity contribution in [2.45, 2.75) is 59.0 Å². The molecule has 0 atom stereocenters. The van der Waals surface area contributed by atoms with Crippen LogP contribution >= 0.6 is 11.3 Å². The van der Waals surface area contributed by atoms with Gasteiger partial charge in [-0.15, -0.1) is 0 Å². The van der Waals surface area contributed by atoms with E-state index < -0.39 is 0 Å². The van der Waals surface area contributed by atoms with E-state index in [2.05, 4.69) is 25.7 Å². The van der Waals surface area contributed by atoms with Crippen LogP contribution in [0.1, 0.15) is 62.9 Å². The highest BCUT2D eigenvalue weighted by atomic mass is 32.1. The van der Waals surface area contributed by atoms with Gasteiger partial charge in [0.25, 0.3) is 0 Å². The minimum atomic E-state index is 0.155. The zero-order valence-electron chi connectivity index (χ0n) is 12.9. The van der Waals surface area contributed by atoms with Crippen molar-refractivity contribution in [3.8, 4) is 0 Å². The molecular weight excluding hydrogens is 268 g/mol. The summed E-state index contributed by atoms with van der Waals surface area (Å²) in [6.45, 7) is 9.44. The predicted molar refractivity (Wildman–Crippen MR) is 84.4 cm³/mol. The smallest absolute Gasteiger partial charge is 0.185 e. The molecule has 2 fully saturated rings. The Hall–Kier alpha value is -0.610. The number of thiazole rings is 1. The number of hydrogen-bond acceptors (Lipinski definition) is 4. The summed E-state index contributed by atoms with van der Waals surface area (Å²) in [5.74, 6) is 1.45. The van der Waals surface area contributed by atoms with E-state index in [1.807, 2.05) is 0 Å². The Kier molecular flexibility index (Phi) is 3.80. The van der Waals surface area contributed by atoms with Crippen molar-refractivity contribution in [3.63, 3.8) is 0 Å². The third-order valence-corrected chi connectivity index (χ3v) is 5.93. The molecule has 0 aromatic carbocycles. The molecule has 3 rings (SSSR count). The van der Waals surface area contributed by atoms with E-state index in [0.717, 1.165) is 29.0 Å². The summed E-state index contributed by atoms with van der Waals surface area (Å²) in [6, 6.07) is 0. The summed E-state index contributed by atoms with van der Waals surface area (Å²) in [5, 5.41) is 10.6. The van der Waals surface area contributed by atoms with Gasteiger partial charge in [-0.1, -0.05) is 32.1 Å². The molecule has 0 spiro atoms. The molecule has 1 aromatic heterocycles. The summed E-state index contributed by atoms with van der Waals surface area (Å²) in [6.07, 6.45) is 5.02. The van der Waals surface area contributed by atoms with Crippen molar-refractivity contribution in [2.24, 2.45) is 11.3 Å². The monoisotopic (exact) mass is 294 g/mol. The molecule has 0 bridgehead atoms. The summed E-state index contributed by atoms with van der Waals surface area (Å²) in [5.41, 5.74) is 1.61. The van der Waals surface area contributed by atoms with E-state index in [-0.39, 0.29) is 6.61 Å². The number of piperidine rings is 1. The standard InChI is InChI=1S/C16H26N2OS/c1-16(2,3)12-6-8-18(9-7-12)15-17-14(11-4-5-11)13(10-19)20-15/h11-12,19H,4-10H2,1-3H3. The van der Waals surface area contributed by atoms with Crippen molar-refractivity contribution in [1.29, 1.82) is 0 Å². The Balaban J connectivity index is 1.69. The van der Waals surface area contributed by atoms with Crippen LogP contribution in [0.5, 0.6) is 0 Å². The first-order chi connectivity index (χ1) is 9.49. The summed E-state index contributed by atoms with van der Waals surface area (Å²) in [7, 11) is 0. The van der Waals surface area contributed by atoms with Gasteiger partial charge >= 0.3 is 0 Å².